The van der Waals surface area contributed by atoms with Crippen molar-refractivity contribution in [1.82, 2.24) is 0 Å². The predicted molar refractivity (Wildman–Crippen MR) is 78.3 cm³/mol. The number of fused-ring (bicyclic) bond motifs is 1. The van der Waals surface area contributed by atoms with Gasteiger partial charge < -0.3 is 9.47 Å². The van der Waals surface area contributed by atoms with Crippen LogP contribution < -0.4 is 4.74 Å². The molecule has 2 aromatic rings. The van der Waals surface area contributed by atoms with Gasteiger partial charge in [-0.15, -0.1) is 11.6 Å². The lowest BCUT2D eigenvalue weighted by molar-refractivity contribution is -0.111. The molecule has 1 aliphatic rings. The molecule has 2 nitrogen and oxygen atoms in total. The summed E-state index contributed by atoms with van der Waals surface area (Å²) in [5.41, 5.74) is 3.02. The Morgan fingerprint density at radius 3 is 2.74 bits per heavy atom. The number of benzene rings is 2. The topological polar surface area (TPSA) is 18.5 Å². The fourth-order valence-corrected chi connectivity index (χ4v) is 2.90. The average molecular weight is 340 g/mol. The smallest absolute Gasteiger partial charge is 0.227 e. The predicted octanol–water partition coefficient (Wildman–Crippen LogP) is 4.80. The third kappa shape index (κ3) is 2.64. The summed E-state index contributed by atoms with van der Waals surface area (Å²) in [7, 11) is 0. The van der Waals surface area contributed by atoms with Crippen molar-refractivity contribution in [2.24, 2.45) is 0 Å². The minimum absolute atomic E-state index is 0.364. The molecule has 0 radical (unpaired) electrons. The second kappa shape index (κ2) is 5.53. The fourth-order valence-electron chi connectivity index (χ4n) is 2.15. The summed E-state index contributed by atoms with van der Waals surface area (Å²) in [4.78, 5) is 0. The van der Waals surface area contributed by atoms with Crippen molar-refractivity contribution < 1.29 is 9.47 Å². The standard InChI is InChI=1S/C15H12BrClO2/c16-13-6-11(8-17)14-12(7-13)9-18-15(19-14)10-4-2-1-3-5-10/h1-7,15H,8-9H2/t15-/m1/s1. The fraction of sp³-hybridized carbons (Fsp3) is 0.200. The minimum atomic E-state index is -0.364. The quantitative estimate of drug-likeness (QED) is 0.732. The number of hydrogen-bond donors (Lipinski definition) is 0. The molecule has 3 rings (SSSR count). The molecule has 0 unspecified atom stereocenters. The van der Waals surface area contributed by atoms with Gasteiger partial charge in [0.1, 0.15) is 5.75 Å². The molecule has 1 heterocycles. The third-order valence-corrected chi connectivity index (χ3v) is 3.78. The van der Waals surface area contributed by atoms with Gasteiger partial charge in [0, 0.05) is 21.2 Å². The maximum Gasteiger partial charge on any atom is 0.227 e. The van der Waals surface area contributed by atoms with Crippen LogP contribution in [0, 0.1) is 0 Å². The van der Waals surface area contributed by atoms with Crippen LogP contribution in [0.4, 0.5) is 0 Å². The highest BCUT2D eigenvalue weighted by Crippen LogP contribution is 2.38. The van der Waals surface area contributed by atoms with Gasteiger partial charge in [-0.25, -0.2) is 0 Å². The zero-order chi connectivity index (χ0) is 13.2. The van der Waals surface area contributed by atoms with E-state index in [1.165, 1.54) is 0 Å². The van der Waals surface area contributed by atoms with Gasteiger partial charge in [-0.3, -0.25) is 0 Å². The van der Waals surface area contributed by atoms with E-state index in [2.05, 4.69) is 15.9 Å². The van der Waals surface area contributed by atoms with Gasteiger partial charge >= 0.3 is 0 Å². The summed E-state index contributed by atoms with van der Waals surface area (Å²) in [6.45, 7) is 0.526. The summed E-state index contributed by atoms with van der Waals surface area (Å²) in [6, 6.07) is 13.9. The first-order valence-corrected chi connectivity index (χ1v) is 7.31. The Morgan fingerprint density at radius 2 is 2.00 bits per heavy atom. The third-order valence-electron chi connectivity index (χ3n) is 3.04. The molecule has 1 aliphatic heterocycles. The number of hydrogen-bond acceptors (Lipinski definition) is 2. The Balaban J connectivity index is 1.95. The maximum absolute atomic E-state index is 5.99. The minimum Gasteiger partial charge on any atom is -0.460 e. The first-order chi connectivity index (χ1) is 9.28. The van der Waals surface area contributed by atoms with E-state index in [-0.39, 0.29) is 6.29 Å². The van der Waals surface area contributed by atoms with E-state index in [0.717, 1.165) is 26.9 Å². The second-order valence-corrected chi connectivity index (χ2v) is 5.54. The van der Waals surface area contributed by atoms with E-state index in [1.807, 2.05) is 42.5 Å². The van der Waals surface area contributed by atoms with Gasteiger partial charge in [-0.2, -0.15) is 0 Å². The molecule has 1 atom stereocenters. The van der Waals surface area contributed by atoms with Crippen LogP contribution in [0.1, 0.15) is 23.0 Å². The lowest BCUT2D eigenvalue weighted by atomic mass is 10.1. The van der Waals surface area contributed by atoms with E-state index in [4.69, 9.17) is 21.1 Å². The summed E-state index contributed by atoms with van der Waals surface area (Å²) in [5.74, 6) is 1.27. The normalized spacial score (nSPS) is 17.7. The zero-order valence-electron chi connectivity index (χ0n) is 10.1. The number of halogens is 2. The van der Waals surface area contributed by atoms with Crippen LogP contribution >= 0.6 is 27.5 Å². The van der Waals surface area contributed by atoms with Gasteiger partial charge in [0.15, 0.2) is 0 Å². The van der Waals surface area contributed by atoms with E-state index < -0.39 is 0 Å². The van der Waals surface area contributed by atoms with Crippen LogP contribution in [-0.4, -0.2) is 0 Å². The zero-order valence-corrected chi connectivity index (χ0v) is 12.4. The van der Waals surface area contributed by atoms with Crippen molar-refractivity contribution in [3.63, 3.8) is 0 Å². The summed E-state index contributed by atoms with van der Waals surface area (Å²) in [5, 5.41) is 0. The molecule has 4 heteroatoms. The Bertz CT molecular complexity index is 569. The molecular formula is C15H12BrClO2. The van der Waals surface area contributed by atoms with Crippen molar-refractivity contribution in [1.29, 1.82) is 0 Å². The second-order valence-electron chi connectivity index (χ2n) is 4.36. The van der Waals surface area contributed by atoms with Crippen LogP contribution in [0.25, 0.3) is 0 Å². The maximum atomic E-state index is 5.99. The number of rotatable bonds is 2. The molecule has 0 bridgehead atoms. The van der Waals surface area contributed by atoms with Crippen LogP contribution in [0.5, 0.6) is 5.75 Å². The highest BCUT2D eigenvalue weighted by molar-refractivity contribution is 9.10. The molecule has 0 aliphatic carbocycles. The molecule has 0 fully saturated rings. The van der Waals surface area contributed by atoms with Crippen LogP contribution in [0.15, 0.2) is 46.9 Å². The molecule has 0 aromatic heterocycles. The van der Waals surface area contributed by atoms with Crippen molar-refractivity contribution in [3.05, 3.63) is 63.6 Å². The van der Waals surface area contributed by atoms with E-state index >= 15 is 0 Å². The first kappa shape index (κ1) is 13.0. The van der Waals surface area contributed by atoms with E-state index in [1.54, 1.807) is 0 Å². The Morgan fingerprint density at radius 1 is 1.21 bits per heavy atom. The monoisotopic (exact) mass is 338 g/mol. The Hall–Kier alpha value is -1.03. The first-order valence-electron chi connectivity index (χ1n) is 5.98. The van der Waals surface area contributed by atoms with E-state index in [9.17, 15) is 0 Å². The van der Waals surface area contributed by atoms with E-state index in [0.29, 0.717) is 12.5 Å². The summed E-state index contributed by atoms with van der Waals surface area (Å²) in [6.07, 6.45) is -0.364. The molecule has 98 valence electrons. The highest BCUT2D eigenvalue weighted by atomic mass is 79.9. The Labute approximate surface area is 125 Å². The van der Waals surface area contributed by atoms with Crippen molar-refractivity contribution >= 4 is 27.5 Å². The molecule has 0 amide bonds. The van der Waals surface area contributed by atoms with Crippen LogP contribution in [0.3, 0.4) is 0 Å². The van der Waals surface area contributed by atoms with Crippen molar-refractivity contribution in [2.75, 3.05) is 0 Å². The van der Waals surface area contributed by atoms with Gasteiger partial charge in [-0.05, 0) is 12.1 Å². The SMILES string of the molecule is ClCc1cc(Br)cc2c1O[C@H](c1ccccc1)OC2. The average Bonchev–Trinajstić information content (AvgIpc) is 2.46. The molecule has 0 spiro atoms. The molecule has 0 saturated carbocycles. The van der Waals surface area contributed by atoms with Crippen molar-refractivity contribution in [3.8, 4) is 5.75 Å². The van der Waals surface area contributed by atoms with Gasteiger partial charge in [0.25, 0.3) is 0 Å². The lowest BCUT2D eigenvalue weighted by Gasteiger charge is -2.28. The molecule has 0 N–H and O–H groups in total. The number of alkyl halides is 1. The van der Waals surface area contributed by atoms with Gasteiger partial charge in [0.05, 0.1) is 12.5 Å². The molecular weight excluding hydrogens is 328 g/mol. The lowest BCUT2D eigenvalue weighted by Crippen LogP contribution is -2.18. The largest absolute Gasteiger partial charge is 0.460 e. The highest BCUT2D eigenvalue weighted by Gasteiger charge is 2.24. The molecule has 2 aromatic carbocycles. The summed E-state index contributed by atoms with van der Waals surface area (Å²) < 4.78 is 12.7. The van der Waals surface area contributed by atoms with Gasteiger partial charge in [0.2, 0.25) is 6.29 Å². The van der Waals surface area contributed by atoms with Crippen LogP contribution in [0.2, 0.25) is 0 Å². The van der Waals surface area contributed by atoms with Crippen molar-refractivity contribution in [2.45, 2.75) is 18.8 Å². The van der Waals surface area contributed by atoms with Crippen LogP contribution in [-0.2, 0) is 17.2 Å². The number of ether oxygens (including phenoxy) is 2. The summed E-state index contributed by atoms with van der Waals surface area (Å²) >= 11 is 9.46. The Kier molecular flexibility index (Phi) is 3.78. The van der Waals surface area contributed by atoms with Gasteiger partial charge in [-0.1, -0.05) is 46.3 Å². The molecule has 0 saturated heterocycles. The molecule has 19 heavy (non-hydrogen) atoms.